The first-order valence-corrected chi connectivity index (χ1v) is 8.59. The van der Waals surface area contributed by atoms with Crippen molar-refractivity contribution >= 4 is 12.4 Å². The van der Waals surface area contributed by atoms with Gasteiger partial charge >= 0.3 is 6.09 Å². The standard InChI is InChI=1S/C19H25NO4/c1-19(2,3)24-18(22)20-14-6-7-15(20)11-17(10-14)23-16-8-4-13(12-21)5-9-16/h4-5,8-9,12,14-15,17H,6-7,10-11H2,1-3H3. The zero-order chi connectivity index (χ0) is 17.3. The van der Waals surface area contributed by atoms with Gasteiger partial charge in [-0.1, -0.05) is 0 Å². The first kappa shape index (κ1) is 16.8. The molecule has 0 spiro atoms. The van der Waals surface area contributed by atoms with Gasteiger partial charge in [-0.2, -0.15) is 0 Å². The SMILES string of the molecule is CC(C)(C)OC(=O)N1C2CCC1CC(Oc1ccc(C=O)cc1)C2. The predicted molar refractivity (Wildman–Crippen MR) is 90.4 cm³/mol. The van der Waals surface area contributed by atoms with E-state index in [0.717, 1.165) is 37.7 Å². The molecule has 2 unspecified atom stereocenters. The molecule has 2 atom stereocenters. The van der Waals surface area contributed by atoms with Crippen molar-refractivity contribution in [3.8, 4) is 5.75 Å². The minimum Gasteiger partial charge on any atom is -0.490 e. The van der Waals surface area contributed by atoms with Crippen molar-refractivity contribution < 1.29 is 19.1 Å². The summed E-state index contributed by atoms with van der Waals surface area (Å²) in [7, 11) is 0. The third-order valence-electron chi connectivity index (χ3n) is 4.61. The molecule has 2 heterocycles. The van der Waals surface area contributed by atoms with Crippen LogP contribution in [0.25, 0.3) is 0 Å². The van der Waals surface area contributed by atoms with Crippen molar-refractivity contribution in [3.63, 3.8) is 0 Å². The van der Waals surface area contributed by atoms with Gasteiger partial charge in [-0.25, -0.2) is 4.79 Å². The molecular formula is C19H25NO4. The molecule has 130 valence electrons. The maximum atomic E-state index is 12.4. The molecular weight excluding hydrogens is 306 g/mol. The highest BCUT2D eigenvalue weighted by molar-refractivity contribution is 5.74. The van der Waals surface area contributed by atoms with Crippen molar-refractivity contribution in [1.29, 1.82) is 0 Å². The van der Waals surface area contributed by atoms with Crippen LogP contribution < -0.4 is 4.74 Å². The van der Waals surface area contributed by atoms with Crippen molar-refractivity contribution in [1.82, 2.24) is 4.90 Å². The number of rotatable bonds is 3. The van der Waals surface area contributed by atoms with Gasteiger partial charge in [0, 0.05) is 30.5 Å². The second-order valence-electron chi connectivity index (χ2n) is 7.67. The average Bonchev–Trinajstić information content (AvgIpc) is 2.78. The number of carbonyl (C=O) groups is 2. The van der Waals surface area contributed by atoms with Gasteiger partial charge in [-0.3, -0.25) is 4.79 Å². The number of hydrogen-bond acceptors (Lipinski definition) is 4. The van der Waals surface area contributed by atoms with Crippen LogP contribution in [-0.4, -0.2) is 41.1 Å². The van der Waals surface area contributed by atoms with Crippen molar-refractivity contribution in [2.75, 3.05) is 0 Å². The third kappa shape index (κ3) is 3.71. The van der Waals surface area contributed by atoms with E-state index in [1.807, 2.05) is 37.8 Å². The van der Waals surface area contributed by atoms with E-state index < -0.39 is 5.60 Å². The summed E-state index contributed by atoms with van der Waals surface area (Å²) < 4.78 is 11.6. The molecule has 5 nitrogen and oxygen atoms in total. The molecule has 2 aliphatic rings. The van der Waals surface area contributed by atoms with Gasteiger partial charge in [0.15, 0.2) is 0 Å². The zero-order valence-corrected chi connectivity index (χ0v) is 14.5. The molecule has 2 aliphatic heterocycles. The first-order chi connectivity index (χ1) is 11.4. The average molecular weight is 331 g/mol. The number of aldehydes is 1. The smallest absolute Gasteiger partial charge is 0.410 e. The molecule has 0 radical (unpaired) electrons. The third-order valence-corrected chi connectivity index (χ3v) is 4.61. The molecule has 2 bridgehead atoms. The minimum absolute atomic E-state index is 0.100. The molecule has 5 heteroatoms. The Balaban J connectivity index is 1.62. The summed E-state index contributed by atoms with van der Waals surface area (Å²) in [6.07, 6.45) is 4.38. The van der Waals surface area contributed by atoms with E-state index in [0.29, 0.717) is 5.56 Å². The van der Waals surface area contributed by atoms with Gasteiger partial charge in [0.2, 0.25) is 0 Å². The Morgan fingerprint density at radius 1 is 1.12 bits per heavy atom. The van der Waals surface area contributed by atoms with Crippen LogP contribution in [0.5, 0.6) is 5.75 Å². The van der Waals surface area contributed by atoms with E-state index in [1.165, 1.54) is 0 Å². The molecule has 0 saturated carbocycles. The second-order valence-corrected chi connectivity index (χ2v) is 7.67. The lowest BCUT2D eigenvalue weighted by atomic mass is 10.00. The first-order valence-electron chi connectivity index (χ1n) is 8.59. The summed E-state index contributed by atoms with van der Waals surface area (Å²) in [5.41, 5.74) is 0.173. The monoisotopic (exact) mass is 331 g/mol. The van der Waals surface area contributed by atoms with E-state index >= 15 is 0 Å². The molecule has 0 aliphatic carbocycles. The Labute approximate surface area is 142 Å². The van der Waals surface area contributed by atoms with Crippen molar-refractivity contribution in [2.24, 2.45) is 0 Å². The minimum atomic E-state index is -0.468. The van der Waals surface area contributed by atoms with Crippen molar-refractivity contribution in [2.45, 2.75) is 70.2 Å². The summed E-state index contributed by atoms with van der Waals surface area (Å²) in [6, 6.07) is 7.55. The molecule has 0 aromatic heterocycles. The molecule has 1 aromatic carbocycles. The maximum Gasteiger partial charge on any atom is 0.410 e. The summed E-state index contributed by atoms with van der Waals surface area (Å²) >= 11 is 0. The number of carbonyl (C=O) groups excluding carboxylic acids is 2. The number of ether oxygens (including phenoxy) is 2. The van der Waals surface area contributed by atoms with E-state index in [4.69, 9.17) is 9.47 Å². The number of piperidine rings is 1. The number of benzene rings is 1. The molecule has 2 saturated heterocycles. The predicted octanol–water partition coefficient (Wildman–Crippen LogP) is 3.81. The lowest BCUT2D eigenvalue weighted by molar-refractivity contribution is -0.00707. The summed E-state index contributed by atoms with van der Waals surface area (Å²) in [6.45, 7) is 5.68. The van der Waals surface area contributed by atoms with Gasteiger partial charge in [0.25, 0.3) is 0 Å². The topological polar surface area (TPSA) is 55.8 Å². The summed E-state index contributed by atoms with van der Waals surface area (Å²) in [5.74, 6) is 0.774. The fourth-order valence-electron chi connectivity index (χ4n) is 3.65. The quantitative estimate of drug-likeness (QED) is 0.790. The number of nitrogens with zero attached hydrogens (tertiary/aromatic N) is 1. The highest BCUT2D eigenvalue weighted by Gasteiger charge is 2.45. The van der Waals surface area contributed by atoms with Gasteiger partial charge in [-0.15, -0.1) is 0 Å². The zero-order valence-electron chi connectivity index (χ0n) is 14.5. The van der Waals surface area contributed by atoms with Gasteiger partial charge in [-0.05, 0) is 57.9 Å². The Morgan fingerprint density at radius 2 is 1.71 bits per heavy atom. The van der Waals surface area contributed by atoms with Crippen molar-refractivity contribution in [3.05, 3.63) is 29.8 Å². The van der Waals surface area contributed by atoms with E-state index in [9.17, 15) is 9.59 Å². The summed E-state index contributed by atoms with van der Waals surface area (Å²) in [5, 5.41) is 0. The molecule has 2 fully saturated rings. The number of amides is 1. The van der Waals surface area contributed by atoms with Crippen LogP contribution in [0.3, 0.4) is 0 Å². The van der Waals surface area contributed by atoms with Crippen LogP contribution in [0.4, 0.5) is 4.79 Å². The Hall–Kier alpha value is -2.04. The Kier molecular flexibility index (Phi) is 4.52. The van der Waals surface area contributed by atoms with E-state index in [2.05, 4.69) is 0 Å². The second kappa shape index (κ2) is 6.46. The molecule has 3 rings (SSSR count). The normalized spacial score (nSPS) is 26.1. The Morgan fingerprint density at radius 3 is 2.21 bits per heavy atom. The Bertz CT molecular complexity index is 591. The lowest BCUT2D eigenvalue weighted by Crippen LogP contribution is -2.50. The number of hydrogen-bond donors (Lipinski definition) is 0. The van der Waals surface area contributed by atoms with Crippen LogP contribution in [0.15, 0.2) is 24.3 Å². The van der Waals surface area contributed by atoms with Crippen LogP contribution in [0.2, 0.25) is 0 Å². The van der Waals surface area contributed by atoms with Crippen LogP contribution >= 0.6 is 0 Å². The fourth-order valence-corrected chi connectivity index (χ4v) is 3.65. The molecule has 1 aromatic rings. The van der Waals surface area contributed by atoms with Gasteiger partial charge in [0.1, 0.15) is 23.7 Å². The lowest BCUT2D eigenvalue weighted by Gasteiger charge is -2.39. The number of fused-ring (bicyclic) bond motifs is 2. The van der Waals surface area contributed by atoms with E-state index in [-0.39, 0.29) is 24.3 Å². The van der Waals surface area contributed by atoms with Crippen LogP contribution in [-0.2, 0) is 4.74 Å². The highest BCUT2D eigenvalue weighted by Crippen LogP contribution is 2.38. The van der Waals surface area contributed by atoms with Gasteiger partial charge in [0.05, 0.1) is 0 Å². The van der Waals surface area contributed by atoms with Gasteiger partial charge < -0.3 is 14.4 Å². The molecule has 1 amide bonds. The largest absolute Gasteiger partial charge is 0.490 e. The van der Waals surface area contributed by atoms with E-state index in [1.54, 1.807) is 12.1 Å². The fraction of sp³-hybridized carbons (Fsp3) is 0.579. The molecule has 24 heavy (non-hydrogen) atoms. The summed E-state index contributed by atoms with van der Waals surface area (Å²) in [4.78, 5) is 25.1. The van der Waals surface area contributed by atoms with Crippen LogP contribution in [0, 0.1) is 0 Å². The maximum absolute atomic E-state index is 12.4. The highest BCUT2D eigenvalue weighted by atomic mass is 16.6. The van der Waals surface area contributed by atoms with Crippen LogP contribution in [0.1, 0.15) is 56.8 Å². The molecule has 0 N–H and O–H groups in total.